The van der Waals surface area contributed by atoms with Crippen LogP contribution in [0, 0.1) is 17.0 Å². The van der Waals surface area contributed by atoms with Crippen molar-refractivity contribution in [2.75, 3.05) is 24.3 Å². The number of nitro groups is 1. The van der Waals surface area contributed by atoms with Crippen LogP contribution in [0.2, 0.25) is 0 Å². The van der Waals surface area contributed by atoms with E-state index in [-0.39, 0.29) is 22.4 Å². The van der Waals surface area contributed by atoms with Crippen LogP contribution in [0.1, 0.15) is 31.8 Å². The van der Waals surface area contributed by atoms with Gasteiger partial charge < -0.3 is 10.2 Å². The first kappa shape index (κ1) is 20.7. The molecule has 0 aliphatic carbocycles. The number of pyridine rings is 1. The van der Waals surface area contributed by atoms with E-state index in [4.69, 9.17) is 0 Å². The van der Waals surface area contributed by atoms with Gasteiger partial charge in [-0.05, 0) is 36.8 Å². The number of anilines is 2. The van der Waals surface area contributed by atoms with Crippen LogP contribution in [0.3, 0.4) is 0 Å². The fourth-order valence-corrected chi connectivity index (χ4v) is 2.95. The summed E-state index contributed by atoms with van der Waals surface area (Å²) in [6, 6.07) is 14.1. The molecule has 0 radical (unpaired) electrons. The van der Waals surface area contributed by atoms with E-state index in [2.05, 4.69) is 10.3 Å². The zero-order valence-electron chi connectivity index (χ0n) is 16.7. The largest absolute Gasteiger partial charge is 0.372 e. The highest BCUT2D eigenvalue weighted by molar-refractivity contribution is 6.17. The molecular formula is C22H20N4O4. The highest BCUT2D eigenvalue weighted by Gasteiger charge is 2.22. The number of carbonyl (C=O) groups is 2. The first-order valence-electron chi connectivity index (χ1n) is 9.11. The van der Waals surface area contributed by atoms with Gasteiger partial charge in [0.05, 0.1) is 10.5 Å². The monoisotopic (exact) mass is 404 g/mol. The predicted molar refractivity (Wildman–Crippen MR) is 114 cm³/mol. The van der Waals surface area contributed by atoms with Crippen LogP contribution in [0.5, 0.6) is 0 Å². The molecule has 8 heteroatoms. The van der Waals surface area contributed by atoms with E-state index in [1.54, 1.807) is 43.4 Å². The van der Waals surface area contributed by atoms with Crippen molar-refractivity contribution in [1.29, 1.82) is 0 Å². The number of amides is 1. The molecule has 152 valence electrons. The van der Waals surface area contributed by atoms with Crippen LogP contribution >= 0.6 is 0 Å². The number of ketones is 1. The molecule has 1 heterocycles. The molecular weight excluding hydrogens is 384 g/mol. The summed E-state index contributed by atoms with van der Waals surface area (Å²) in [7, 11) is 3.37. The average molecular weight is 404 g/mol. The van der Waals surface area contributed by atoms with Crippen LogP contribution in [0.25, 0.3) is 0 Å². The average Bonchev–Trinajstić information content (AvgIpc) is 2.74. The molecule has 0 spiro atoms. The molecule has 0 atom stereocenters. The number of rotatable bonds is 6. The first-order valence-corrected chi connectivity index (χ1v) is 9.11. The number of nitro benzene ring substituents is 1. The lowest BCUT2D eigenvalue weighted by molar-refractivity contribution is -0.384. The molecule has 3 rings (SSSR count). The maximum atomic E-state index is 13.1. The van der Waals surface area contributed by atoms with E-state index in [1.807, 2.05) is 13.0 Å². The number of benzene rings is 2. The molecule has 2 aromatic carbocycles. The van der Waals surface area contributed by atoms with Gasteiger partial charge in [0.2, 0.25) is 0 Å². The van der Waals surface area contributed by atoms with E-state index in [1.165, 1.54) is 30.3 Å². The summed E-state index contributed by atoms with van der Waals surface area (Å²) < 4.78 is 0. The van der Waals surface area contributed by atoms with Crippen molar-refractivity contribution in [1.82, 2.24) is 4.98 Å². The zero-order valence-corrected chi connectivity index (χ0v) is 16.7. The molecule has 1 N–H and O–H groups in total. The summed E-state index contributed by atoms with van der Waals surface area (Å²) in [5.41, 5.74) is 1.58. The molecule has 1 amide bonds. The highest BCUT2D eigenvalue weighted by Crippen LogP contribution is 2.29. The van der Waals surface area contributed by atoms with E-state index in [0.717, 1.165) is 5.56 Å². The normalized spacial score (nSPS) is 10.4. The Morgan fingerprint density at radius 3 is 2.33 bits per heavy atom. The number of nitrogens with zero attached hydrogens (tertiary/aromatic N) is 3. The maximum absolute atomic E-state index is 13.1. The number of nitrogens with one attached hydrogen (secondary N) is 1. The van der Waals surface area contributed by atoms with Crippen LogP contribution in [-0.4, -0.2) is 35.7 Å². The second kappa shape index (κ2) is 8.52. The molecule has 0 fully saturated rings. The summed E-state index contributed by atoms with van der Waals surface area (Å²) in [5.74, 6) is -0.612. The third-order valence-corrected chi connectivity index (χ3v) is 4.49. The van der Waals surface area contributed by atoms with Gasteiger partial charge in [0, 0.05) is 37.5 Å². The molecule has 8 nitrogen and oxygen atoms in total. The third kappa shape index (κ3) is 4.33. The van der Waals surface area contributed by atoms with Crippen molar-refractivity contribution in [3.05, 3.63) is 93.2 Å². The Morgan fingerprint density at radius 2 is 1.73 bits per heavy atom. The topological polar surface area (TPSA) is 105 Å². The summed E-state index contributed by atoms with van der Waals surface area (Å²) in [6.07, 6.45) is 1.62. The second-order valence-corrected chi connectivity index (χ2v) is 6.90. The van der Waals surface area contributed by atoms with Crippen LogP contribution in [0.4, 0.5) is 17.2 Å². The van der Waals surface area contributed by atoms with Gasteiger partial charge in [0.25, 0.3) is 11.6 Å². The van der Waals surface area contributed by atoms with Gasteiger partial charge in [-0.1, -0.05) is 24.3 Å². The Bertz CT molecular complexity index is 1120. The van der Waals surface area contributed by atoms with E-state index < -0.39 is 16.6 Å². The number of hydrogen-bond donors (Lipinski definition) is 1. The van der Waals surface area contributed by atoms with Gasteiger partial charge >= 0.3 is 0 Å². The zero-order chi connectivity index (χ0) is 21.8. The summed E-state index contributed by atoms with van der Waals surface area (Å²) in [5, 5.41) is 14.1. The summed E-state index contributed by atoms with van der Waals surface area (Å²) in [6.45, 7) is 1.88. The van der Waals surface area contributed by atoms with E-state index in [9.17, 15) is 19.7 Å². The Hall–Kier alpha value is -4.07. The minimum Gasteiger partial charge on any atom is -0.372 e. The lowest BCUT2D eigenvalue weighted by atomic mass is 9.97. The highest BCUT2D eigenvalue weighted by atomic mass is 16.6. The maximum Gasteiger partial charge on any atom is 0.293 e. The predicted octanol–water partition coefficient (Wildman–Crippen LogP) is 3.85. The Morgan fingerprint density at radius 1 is 1.03 bits per heavy atom. The number of aromatic nitrogens is 1. The molecule has 0 bridgehead atoms. The second-order valence-electron chi connectivity index (χ2n) is 6.90. The van der Waals surface area contributed by atoms with Crippen molar-refractivity contribution < 1.29 is 14.5 Å². The van der Waals surface area contributed by atoms with Crippen molar-refractivity contribution in [3.8, 4) is 0 Å². The minimum atomic E-state index is -0.534. The smallest absolute Gasteiger partial charge is 0.293 e. The molecule has 3 aromatic rings. The molecule has 0 aliphatic heterocycles. The molecule has 0 unspecified atom stereocenters. The van der Waals surface area contributed by atoms with Crippen LogP contribution in [-0.2, 0) is 0 Å². The van der Waals surface area contributed by atoms with Crippen molar-refractivity contribution >= 4 is 28.9 Å². The van der Waals surface area contributed by atoms with Gasteiger partial charge in [-0.15, -0.1) is 0 Å². The van der Waals surface area contributed by atoms with Gasteiger partial charge in [0.1, 0.15) is 11.5 Å². The Kier molecular flexibility index (Phi) is 5.87. The first-order chi connectivity index (χ1) is 14.3. The van der Waals surface area contributed by atoms with Crippen LogP contribution in [0.15, 0.2) is 60.8 Å². The van der Waals surface area contributed by atoms with E-state index >= 15 is 0 Å². The lowest BCUT2D eigenvalue weighted by Crippen LogP contribution is -2.18. The number of hydrogen-bond acceptors (Lipinski definition) is 6. The number of carbonyl (C=O) groups excluding carboxylic acids is 2. The van der Waals surface area contributed by atoms with Gasteiger partial charge in [0.15, 0.2) is 5.78 Å². The summed E-state index contributed by atoms with van der Waals surface area (Å²) in [4.78, 5) is 42.5. The number of aryl methyl sites for hydroxylation is 1. The Labute approximate surface area is 173 Å². The van der Waals surface area contributed by atoms with Crippen LogP contribution < -0.4 is 10.2 Å². The molecule has 0 saturated carbocycles. The van der Waals surface area contributed by atoms with E-state index in [0.29, 0.717) is 11.5 Å². The SMILES string of the molecule is Cc1ccc(NC(=O)c2ccccc2C(=O)c2ccc(N(C)C)c([N+](=O)[O-])c2)nc1. The van der Waals surface area contributed by atoms with Gasteiger partial charge in [-0.2, -0.15) is 0 Å². The third-order valence-electron chi connectivity index (χ3n) is 4.49. The van der Waals surface area contributed by atoms with Gasteiger partial charge in [-0.3, -0.25) is 19.7 Å². The van der Waals surface area contributed by atoms with Crippen molar-refractivity contribution in [3.63, 3.8) is 0 Å². The lowest BCUT2D eigenvalue weighted by Gasteiger charge is -2.14. The molecule has 0 saturated heterocycles. The molecule has 30 heavy (non-hydrogen) atoms. The molecule has 1 aromatic heterocycles. The van der Waals surface area contributed by atoms with Crippen molar-refractivity contribution in [2.45, 2.75) is 6.92 Å². The Balaban J connectivity index is 1.96. The standard InChI is InChI=1S/C22H20N4O4/c1-14-8-11-20(23-13-14)24-22(28)17-7-5-4-6-16(17)21(27)15-9-10-18(25(2)3)19(12-15)26(29)30/h4-13H,1-3H3,(H,23,24,28). The summed E-state index contributed by atoms with van der Waals surface area (Å²) >= 11 is 0. The van der Waals surface area contributed by atoms with Crippen molar-refractivity contribution in [2.24, 2.45) is 0 Å². The fourth-order valence-electron chi connectivity index (χ4n) is 2.95. The molecule has 0 aliphatic rings. The van der Waals surface area contributed by atoms with Gasteiger partial charge in [-0.25, -0.2) is 4.98 Å². The quantitative estimate of drug-likeness (QED) is 0.380. The minimum absolute atomic E-state index is 0.126. The fraction of sp³-hybridized carbons (Fsp3) is 0.136.